The Kier molecular flexibility index (Phi) is 7.45. The number of rotatable bonds is 6. The molecule has 0 saturated heterocycles. The first-order chi connectivity index (χ1) is 10.5. The highest BCUT2D eigenvalue weighted by Gasteiger charge is 2.13. The number of ether oxygens (including phenoxy) is 2. The lowest BCUT2D eigenvalue weighted by molar-refractivity contribution is -0.140. The van der Waals surface area contributed by atoms with Crippen molar-refractivity contribution in [2.75, 3.05) is 13.1 Å². The first kappa shape index (κ1) is 17.5. The van der Waals surface area contributed by atoms with Crippen LogP contribution in [0.4, 0.5) is 9.59 Å². The minimum atomic E-state index is -0.835. The predicted molar refractivity (Wildman–Crippen MR) is 79.0 cm³/mol. The van der Waals surface area contributed by atoms with Gasteiger partial charge in [-0.15, -0.1) is 0 Å². The molecule has 0 aliphatic heterocycles. The van der Waals surface area contributed by atoms with Crippen LogP contribution in [-0.2, 0) is 20.9 Å². The van der Waals surface area contributed by atoms with Crippen LogP contribution in [0.2, 0.25) is 0 Å². The van der Waals surface area contributed by atoms with Gasteiger partial charge < -0.3 is 20.1 Å². The number of carbonyl (C=O) groups excluding carboxylic acids is 3. The van der Waals surface area contributed by atoms with E-state index >= 15 is 0 Å². The van der Waals surface area contributed by atoms with Crippen LogP contribution in [0.5, 0.6) is 0 Å². The molecule has 1 aromatic rings. The summed E-state index contributed by atoms with van der Waals surface area (Å²) in [6, 6.07) is 9.26. The van der Waals surface area contributed by atoms with Crippen molar-refractivity contribution in [3.8, 4) is 0 Å². The van der Waals surface area contributed by atoms with Gasteiger partial charge in [-0.25, -0.2) is 9.59 Å². The first-order valence-corrected chi connectivity index (χ1v) is 6.93. The van der Waals surface area contributed by atoms with Gasteiger partial charge in [0.05, 0.1) is 5.92 Å². The zero-order chi connectivity index (χ0) is 16.4. The van der Waals surface area contributed by atoms with Crippen molar-refractivity contribution < 1.29 is 23.9 Å². The molecule has 0 radical (unpaired) electrons. The molecule has 0 aliphatic carbocycles. The smallest absolute Gasteiger partial charge is 0.414 e. The van der Waals surface area contributed by atoms with Crippen molar-refractivity contribution in [1.82, 2.24) is 10.6 Å². The summed E-state index contributed by atoms with van der Waals surface area (Å²) >= 11 is 0. The van der Waals surface area contributed by atoms with E-state index in [0.717, 1.165) is 5.56 Å². The highest BCUT2D eigenvalue weighted by Crippen LogP contribution is 2.00. The number of benzene rings is 1. The van der Waals surface area contributed by atoms with Gasteiger partial charge in [0, 0.05) is 13.1 Å². The lowest BCUT2D eigenvalue weighted by Crippen LogP contribution is -2.36. The second kappa shape index (κ2) is 9.38. The summed E-state index contributed by atoms with van der Waals surface area (Å²) in [5.41, 5.74) is 0.881. The predicted octanol–water partition coefficient (Wildman–Crippen LogP) is 1.82. The molecule has 0 heterocycles. The molecule has 0 spiro atoms. The van der Waals surface area contributed by atoms with Crippen LogP contribution in [0.15, 0.2) is 30.3 Å². The molecule has 0 bridgehead atoms. The summed E-state index contributed by atoms with van der Waals surface area (Å²) in [6.07, 6.45) is -1.42. The molecular formula is C15H20N2O5. The first-order valence-electron chi connectivity index (χ1n) is 6.93. The van der Waals surface area contributed by atoms with E-state index in [0.29, 0.717) is 0 Å². The standard InChI is InChI=1S/C15H20N2O5/c1-11(2)13(18)22-15(20)17-9-8-16-14(19)21-10-12-6-4-3-5-7-12/h3-7,11H,8-10H2,1-2H3,(H,16,19)(H,17,20). The van der Waals surface area contributed by atoms with Crippen molar-refractivity contribution in [2.24, 2.45) is 5.92 Å². The number of alkyl carbamates (subject to hydrolysis) is 2. The second-order valence-electron chi connectivity index (χ2n) is 4.78. The van der Waals surface area contributed by atoms with E-state index in [2.05, 4.69) is 15.4 Å². The molecule has 0 aromatic heterocycles. The van der Waals surface area contributed by atoms with Crippen LogP contribution < -0.4 is 10.6 Å². The number of esters is 1. The maximum Gasteiger partial charge on any atom is 0.414 e. The Bertz CT molecular complexity index is 502. The molecule has 0 aliphatic rings. The maximum absolute atomic E-state index is 11.4. The van der Waals surface area contributed by atoms with Gasteiger partial charge in [-0.3, -0.25) is 4.79 Å². The van der Waals surface area contributed by atoms with Crippen molar-refractivity contribution in [3.05, 3.63) is 35.9 Å². The van der Waals surface area contributed by atoms with Gasteiger partial charge in [0.25, 0.3) is 0 Å². The van der Waals surface area contributed by atoms with Crippen molar-refractivity contribution in [2.45, 2.75) is 20.5 Å². The monoisotopic (exact) mass is 308 g/mol. The average Bonchev–Trinajstić information content (AvgIpc) is 2.50. The van der Waals surface area contributed by atoms with E-state index < -0.39 is 18.2 Å². The maximum atomic E-state index is 11.4. The zero-order valence-electron chi connectivity index (χ0n) is 12.6. The third-order valence-corrected chi connectivity index (χ3v) is 2.54. The number of hydrogen-bond acceptors (Lipinski definition) is 5. The lowest BCUT2D eigenvalue weighted by atomic mass is 10.2. The molecule has 1 aromatic carbocycles. The molecule has 0 atom stereocenters. The van der Waals surface area contributed by atoms with Gasteiger partial charge >= 0.3 is 18.2 Å². The molecule has 1 rings (SSSR count). The number of nitrogens with one attached hydrogen (secondary N) is 2. The van der Waals surface area contributed by atoms with Crippen LogP contribution in [0, 0.1) is 5.92 Å². The van der Waals surface area contributed by atoms with Gasteiger partial charge in [-0.05, 0) is 5.56 Å². The van der Waals surface area contributed by atoms with Crippen molar-refractivity contribution in [3.63, 3.8) is 0 Å². The Morgan fingerprint density at radius 3 is 2.18 bits per heavy atom. The average molecular weight is 308 g/mol. The molecule has 0 saturated carbocycles. The van der Waals surface area contributed by atoms with Crippen LogP contribution in [0.3, 0.4) is 0 Å². The summed E-state index contributed by atoms with van der Waals surface area (Å²) in [5, 5.41) is 4.81. The number of hydrogen-bond donors (Lipinski definition) is 2. The Labute approximate surface area is 129 Å². The fraction of sp³-hybridized carbons (Fsp3) is 0.400. The van der Waals surface area contributed by atoms with Crippen molar-refractivity contribution >= 4 is 18.2 Å². The van der Waals surface area contributed by atoms with E-state index in [-0.39, 0.29) is 25.6 Å². The molecule has 2 amide bonds. The van der Waals surface area contributed by atoms with E-state index in [1.807, 2.05) is 30.3 Å². The Hall–Kier alpha value is -2.57. The quantitative estimate of drug-likeness (QED) is 0.475. The van der Waals surface area contributed by atoms with Gasteiger partial charge in [-0.2, -0.15) is 0 Å². The lowest BCUT2D eigenvalue weighted by Gasteiger charge is -2.09. The van der Waals surface area contributed by atoms with Gasteiger partial charge in [0.15, 0.2) is 0 Å². The molecule has 0 fully saturated rings. The molecule has 7 heteroatoms. The SMILES string of the molecule is CC(C)C(=O)OC(=O)NCCNC(=O)OCc1ccccc1. The summed E-state index contributed by atoms with van der Waals surface area (Å²) in [5.74, 6) is -0.982. The van der Waals surface area contributed by atoms with E-state index in [1.165, 1.54) is 0 Å². The highest BCUT2D eigenvalue weighted by atomic mass is 16.6. The molecule has 2 N–H and O–H groups in total. The highest BCUT2D eigenvalue weighted by molar-refractivity contribution is 5.85. The van der Waals surface area contributed by atoms with Crippen LogP contribution in [-0.4, -0.2) is 31.2 Å². The largest absolute Gasteiger partial charge is 0.445 e. The van der Waals surface area contributed by atoms with Crippen LogP contribution in [0.25, 0.3) is 0 Å². The Morgan fingerprint density at radius 1 is 1.00 bits per heavy atom. The molecule has 7 nitrogen and oxygen atoms in total. The van der Waals surface area contributed by atoms with Crippen molar-refractivity contribution in [1.29, 1.82) is 0 Å². The summed E-state index contributed by atoms with van der Waals surface area (Å²) in [7, 11) is 0. The third kappa shape index (κ3) is 7.28. The van der Waals surface area contributed by atoms with E-state index in [1.54, 1.807) is 13.8 Å². The topological polar surface area (TPSA) is 93.7 Å². The molecule has 0 unspecified atom stereocenters. The Balaban J connectivity index is 2.10. The Morgan fingerprint density at radius 2 is 1.59 bits per heavy atom. The molecule has 22 heavy (non-hydrogen) atoms. The van der Waals surface area contributed by atoms with E-state index in [9.17, 15) is 14.4 Å². The van der Waals surface area contributed by atoms with Gasteiger partial charge in [-0.1, -0.05) is 44.2 Å². The van der Waals surface area contributed by atoms with Gasteiger partial charge in [0.1, 0.15) is 6.61 Å². The fourth-order valence-electron chi connectivity index (χ4n) is 1.35. The summed E-state index contributed by atoms with van der Waals surface area (Å²) in [6.45, 7) is 3.72. The van der Waals surface area contributed by atoms with Crippen LogP contribution >= 0.6 is 0 Å². The number of carbonyl (C=O) groups is 3. The third-order valence-electron chi connectivity index (χ3n) is 2.54. The molecular weight excluding hydrogens is 288 g/mol. The van der Waals surface area contributed by atoms with Crippen LogP contribution in [0.1, 0.15) is 19.4 Å². The van der Waals surface area contributed by atoms with Gasteiger partial charge in [0.2, 0.25) is 0 Å². The normalized spacial score (nSPS) is 9.95. The molecule has 120 valence electrons. The zero-order valence-corrected chi connectivity index (χ0v) is 12.6. The fourth-order valence-corrected chi connectivity index (χ4v) is 1.35. The number of amides is 2. The minimum Gasteiger partial charge on any atom is -0.445 e. The van der Waals surface area contributed by atoms with E-state index in [4.69, 9.17) is 4.74 Å². The minimum absolute atomic E-state index is 0.130. The second-order valence-corrected chi connectivity index (χ2v) is 4.78. The summed E-state index contributed by atoms with van der Waals surface area (Å²) < 4.78 is 9.47. The summed E-state index contributed by atoms with van der Waals surface area (Å²) in [4.78, 5) is 33.8.